The van der Waals surface area contributed by atoms with E-state index in [1.165, 1.54) is 65.7 Å². The van der Waals surface area contributed by atoms with Crippen LogP contribution in [0.1, 0.15) is 28.9 Å². The number of aromatic nitrogens is 4. The Morgan fingerprint density at radius 1 is 1.13 bits per heavy atom. The van der Waals surface area contributed by atoms with Gasteiger partial charge in [-0.3, -0.25) is 19.2 Å². The number of nitrogens with zero attached hydrogens (tertiary/aromatic N) is 4. The van der Waals surface area contributed by atoms with Crippen molar-refractivity contribution < 1.29 is 31.1 Å². The van der Waals surface area contributed by atoms with Gasteiger partial charge in [-0.05, 0) is 36.8 Å². The fourth-order valence-corrected chi connectivity index (χ4v) is 4.19. The number of primary amides is 1. The third-order valence-corrected chi connectivity index (χ3v) is 6.46. The minimum absolute atomic E-state index is 0.0263. The van der Waals surface area contributed by atoms with Crippen LogP contribution in [0.2, 0.25) is 0 Å². The number of amides is 1. The summed E-state index contributed by atoms with van der Waals surface area (Å²) in [6.45, 7) is 1.60. The van der Waals surface area contributed by atoms with Crippen LogP contribution in [0.4, 0.5) is 30.5 Å². The minimum Gasteiger partial charge on any atom is -0.484 e. The van der Waals surface area contributed by atoms with E-state index in [-0.39, 0.29) is 34.1 Å². The molecule has 1 atom stereocenters. The molecule has 0 aliphatic rings. The number of nitrogens with two attached hydrogens (primary N) is 1. The summed E-state index contributed by atoms with van der Waals surface area (Å²) in [5.41, 5.74) is 6.23. The second kappa shape index (κ2) is 11.0. The van der Waals surface area contributed by atoms with Crippen LogP contribution in [-0.4, -0.2) is 39.8 Å². The Labute approximate surface area is 220 Å². The predicted molar refractivity (Wildman–Crippen MR) is 136 cm³/mol. The summed E-state index contributed by atoms with van der Waals surface area (Å²) < 4.78 is 72.5. The molecule has 0 spiro atoms. The predicted octanol–water partition coefficient (Wildman–Crippen LogP) is 3.96. The topological polar surface area (TPSA) is 154 Å². The quantitative estimate of drug-likeness (QED) is 0.263. The van der Waals surface area contributed by atoms with Crippen LogP contribution >= 0.6 is 0 Å². The van der Waals surface area contributed by atoms with Crippen molar-refractivity contribution in [2.45, 2.75) is 18.8 Å². The number of nitrogens with one attached hydrogen (secondary N) is 2. The van der Waals surface area contributed by atoms with Crippen LogP contribution in [0.25, 0.3) is 11.3 Å². The van der Waals surface area contributed by atoms with E-state index in [1.54, 1.807) is 14.0 Å². The van der Waals surface area contributed by atoms with Gasteiger partial charge >= 0.3 is 5.76 Å². The standard InChI is InChI=1S/C24H22F3N7O4S/c1-13(14-3-6-16(25)7-4-14)38-18-11-15(5-8-17(18)33-39(36,37)24(26)27)21-20(22(28)35)23(34(2)32-21)31-19-12-29-9-10-30-19/h3-13,24,33H,1-2H3,(H2,28,35)(H,30,31)/t13-/m0/s1. The fourth-order valence-electron chi connectivity index (χ4n) is 3.63. The summed E-state index contributed by atoms with van der Waals surface area (Å²) in [5.74, 6) is -4.66. The highest BCUT2D eigenvalue weighted by Crippen LogP contribution is 2.37. The molecule has 2 heterocycles. The maximum atomic E-state index is 13.4. The fraction of sp³-hybridized carbons (Fsp3) is 0.167. The van der Waals surface area contributed by atoms with Crippen molar-refractivity contribution in [2.75, 3.05) is 10.0 Å². The molecular weight excluding hydrogens is 539 g/mol. The third-order valence-electron chi connectivity index (χ3n) is 5.49. The Kier molecular flexibility index (Phi) is 7.71. The van der Waals surface area contributed by atoms with E-state index in [0.29, 0.717) is 11.4 Å². The SMILES string of the molecule is C[C@H](Oc1cc(-c2nn(C)c(Nc3cnccn3)c2C(N)=O)ccc1NS(=O)(=O)C(F)F)c1ccc(F)cc1. The van der Waals surface area contributed by atoms with Crippen LogP contribution in [0.3, 0.4) is 0 Å². The largest absolute Gasteiger partial charge is 0.484 e. The van der Waals surface area contributed by atoms with Crippen molar-refractivity contribution in [3.05, 3.63) is 78.0 Å². The number of alkyl halides is 2. The zero-order valence-electron chi connectivity index (χ0n) is 20.5. The van der Waals surface area contributed by atoms with Crippen LogP contribution in [0.5, 0.6) is 5.75 Å². The number of carbonyl (C=O) groups excluding carboxylic acids is 1. The number of benzene rings is 2. The number of carbonyl (C=O) groups is 1. The van der Waals surface area contributed by atoms with E-state index in [0.717, 1.165) is 0 Å². The van der Waals surface area contributed by atoms with Crippen LogP contribution in [0, 0.1) is 5.82 Å². The molecule has 39 heavy (non-hydrogen) atoms. The van der Waals surface area contributed by atoms with Gasteiger partial charge in [-0.15, -0.1) is 0 Å². The normalized spacial score (nSPS) is 12.3. The van der Waals surface area contributed by atoms with Crippen molar-refractivity contribution >= 4 is 33.3 Å². The number of aryl methyl sites for hydroxylation is 1. The molecule has 4 aromatic rings. The molecule has 2 aromatic heterocycles. The second-order valence-corrected chi connectivity index (χ2v) is 9.86. The van der Waals surface area contributed by atoms with Crippen molar-refractivity contribution in [2.24, 2.45) is 12.8 Å². The molecule has 0 unspecified atom stereocenters. The van der Waals surface area contributed by atoms with E-state index >= 15 is 0 Å². The molecule has 204 valence electrons. The molecule has 0 aliphatic carbocycles. The molecule has 0 radical (unpaired) electrons. The smallest absolute Gasteiger partial charge is 0.355 e. The van der Waals surface area contributed by atoms with Crippen LogP contribution in [-0.2, 0) is 17.1 Å². The number of hydrogen-bond acceptors (Lipinski definition) is 8. The molecule has 4 N–H and O–H groups in total. The van der Waals surface area contributed by atoms with E-state index in [2.05, 4.69) is 20.4 Å². The van der Waals surface area contributed by atoms with E-state index in [4.69, 9.17) is 10.5 Å². The van der Waals surface area contributed by atoms with Gasteiger partial charge in [0.1, 0.15) is 40.6 Å². The molecule has 1 amide bonds. The van der Waals surface area contributed by atoms with Gasteiger partial charge in [-0.25, -0.2) is 17.8 Å². The van der Waals surface area contributed by atoms with Crippen molar-refractivity contribution in [1.82, 2.24) is 19.7 Å². The van der Waals surface area contributed by atoms with Crippen molar-refractivity contribution in [1.29, 1.82) is 0 Å². The lowest BCUT2D eigenvalue weighted by Gasteiger charge is -2.19. The first kappa shape index (κ1) is 27.4. The Balaban J connectivity index is 1.79. The molecule has 0 fully saturated rings. The van der Waals surface area contributed by atoms with Gasteiger partial charge in [0.15, 0.2) is 0 Å². The maximum absolute atomic E-state index is 13.4. The monoisotopic (exact) mass is 561 g/mol. The molecule has 0 saturated carbocycles. The molecule has 15 heteroatoms. The molecule has 2 aromatic carbocycles. The van der Waals surface area contributed by atoms with Gasteiger partial charge in [0.25, 0.3) is 15.9 Å². The van der Waals surface area contributed by atoms with Crippen molar-refractivity contribution in [3.8, 4) is 17.0 Å². The summed E-state index contributed by atoms with van der Waals surface area (Å²) in [4.78, 5) is 20.5. The first-order valence-corrected chi connectivity index (χ1v) is 12.8. The molecule has 4 rings (SSSR count). The summed E-state index contributed by atoms with van der Waals surface area (Å²) in [5, 5.41) is 7.30. The van der Waals surface area contributed by atoms with Gasteiger partial charge in [-0.2, -0.15) is 13.9 Å². The Morgan fingerprint density at radius 3 is 2.46 bits per heavy atom. The van der Waals surface area contributed by atoms with Gasteiger partial charge in [0.05, 0.1) is 11.9 Å². The lowest BCUT2D eigenvalue weighted by atomic mass is 10.1. The Bertz CT molecular complexity index is 1600. The zero-order chi connectivity index (χ0) is 28.3. The average molecular weight is 562 g/mol. The lowest BCUT2D eigenvalue weighted by Crippen LogP contribution is -2.21. The lowest BCUT2D eigenvalue weighted by molar-refractivity contribution is 0.100. The maximum Gasteiger partial charge on any atom is 0.355 e. The zero-order valence-corrected chi connectivity index (χ0v) is 21.3. The number of sulfonamides is 1. The van der Waals surface area contributed by atoms with E-state index in [9.17, 15) is 26.4 Å². The molecule has 0 bridgehead atoms. The molecule has 0 aliphatic heterocycles. The molecule has 0 saturated heterocycles. The number of halogens is 3. The average Bonchev–Trinajstić information content (AvgIpc) is 3.21. The van der Waals surface area contributed by atoms with Gasteiger partial charge < -0.3 is 15.8 Å². The minimum atomic E-state index is -5.05. The number of hydrogen-bond donors (Lipinski definition) is 3. The van der Waals surface area contributed by atoms with Crippen molar-refractivity contribution in [3.63, 3.8) is 0 Å². The molecule has 11 nitrogen and oxygen atoms in total. The van der Waals surface area contributed by atoms with Gasteiger partial charge in [0, 0.05) is 25.0 Å². The highest BCUT2D eigenvalue weighted by molar-refractivity contribution is 7.93. The summed E-state index contributed by atoms with van der Waals surface area (Å²) in [7, 11) is -3.50. The number of ether oxygens (including phenoxy) is 1. The number of rotatable bonds is 10. The summed E-state index contributed by atoms with van der Waals surface area (Å²) >= 11 is 0. The highest BCUT2D eigenvalue weighted by Gasteiger charge is 2.27. The second-order valence-electron chi connectivity index (χ2n) is 8.21. The number of anilines is 3. The Hall–Kier alpha value is -4.66. The summed E-state index contributed by atoms with van der Waals surface area (Å²) in [6, 6.07) is 9.22. The molecular formula is C24H22F3N7O4S. The first-order chi connectivity index (χ1) is 18.5. The van der Waals surface area contributed by atoms with E-state index < -0.39 is 33.6 Å². The Morgan fingerprint density at radius 2 is 1.85 bits per heavy atom. The van der Waals surface area contributed by atoms with Gasteiger partial charge in [0.2, 0.25) is 0 Å². The van der Waals surface area contributed by atoms with Gasteiger partial charge in [-0.1, -0.05) is 18.2 Å². The summed E-state index contributed by atoms with van der Waals surface area (Å²) in [6.07, 6.45) is 3.57. The van der Waals surface area contributed by atoms with E-state index in [1.807, 2.05) is 4.72 Å². The first-order valence-electron chi connectivity index (χ1n) is 11.2. The van der Waals surface area contributed by atoms with Crippen LogP contribution in [0.15, 0.2) is 61.1 Å². The highest BCUT2D eigenvalue weighted by atomic mass is 32.2. The van der Waals surface area contributed by atoms with Crippen LogP contribution < -0.4 is 20.5 Å². The third kappa shape index (κ3) is 6.09.